The van der Waals surface area contributed by atoms with Crippen LogP contribution in [-0.2, 0) is 11.2 Å². The molecule has 1 aromatic rings. The second-order valence-corrected chi connectivity index (χ2v) is 6.97. The Kier molecular flexibility index (Phi) is 9.98. The highest BCUT2D eigenvalue weighted by Gasteiger charge is 2.23. The van der Waals surface area contributed by atoms with E-state index in [-0.39, 0.29) is 29.9 Å². The Balaban J connectivity index is 0.00000338. The molecule has 26 heavy (non-hydrogen) atoms. The van der Waals surface area contributed by atoms with Gasteiger partial charge >= 0.3 is 0 Å². The fraction of sp³-hybridized carbons (Fsp3) is 0.600. The van der Waals surface area contributed by atoms with Gasteiger partial charge in [0, 0.05) is 37.8 Å². The maximum atomic E-state index is 12.5. The van der Waals surface area contributed by atoms with Crippen molar-refractivity contribution < 1.29 is 4.79 Å². The van der Waals surface area contributed by atoms with Crippen molar-refractivity contribution in [2.75, 3.05) is 24.5 Å². The average molecular weight is 472 g/mol. The van der Waals surface area contributed by atoms with E-state index < -0.39 is 0 Å². The molecule has 1 amide bonds. The Labute approximate surface area is 175 Å². The average Bonchev–Trinajstić information content (AvgIpc) is 3.02. The first-order valence-electron chi connectivity index (χ1n) is 9.46. The molecule has 1 unspecified atom stereocenters. The summed E-state index contributed by atoms with van der Waals surface area (Å²) in [5.41, 5.74) is 2.35. The topological polar surface area (TPSA) is 56.7 Å². The number of hydrogen-bond donors (Lipinski definition) is 2. The third kappa shape index (κ3) is 6.45. The Morgan fingerprint density at radius 3 is 2.69 bits per heavy atom. The van der Waals surface area contributed by atoms with Gasteiger partial charge in [-0.25, -0.2) is 0 Å². The largest absolute Gasteiger partial charge is 0.357 e. The van der Waals surface area contributed by atoms with Crippen molar-refractivity contribution in [1.29, 1.82) is 0 Å². The lowest BCUT2D eigenvalue weighted by atomic mass is 10.1. The van der Waals surface area contributed by atoms with E-state index in [1.165, 1.54) is 5.56 Å². The Morgan fingerprint density at radius 2 is 2.00 bits per heavy atom. The van der Waals surface area contributed by atoms with E-state index >= 15 is 0 Å². The van der Waals surface area contributed by atoms with E-state index in [1.807, 2.05) is 23.1 Å². The molecule has 1 aliphatic rings. The minimum atomic E-state index is 0. The standard InChI is InChI=1S/C20H32N4O.HI/c1-5-21-20(23-16(4)15(2)3)22-13-8-11-19(25)24-14-12-17-9-6-7-10-18(17)24;/h6-7,9-10,15-16H,5,8,11-14H2,1-4H3,(H2,21,22,23);1H. The van der Waals surface area contributed by atoms with Gasteiger partial charge in [-0.1, -0.05) is 32.0 Å². The molecule has 2 rings (SSSR count). The van der Waals surface area contributed by atoms with Crippen LogP contribution in [0.15, 0.2) is 29.3 Å². The predicted molar refractivity (Wildman–Crippen MR) is 121 cm³/mol. The highest BCUT2D eigenvalue weighted by Crippen LogP contribution is 2.27. The Hall–Kier alpha value is -1.31. The number of anilines is 1. The normalized spacial score (nSPS) is 14.7. The minimum absolute atomic E-state index is 0. The van der Waals surface area contributed by atoms with Crippen LogP contribution in [0.3, 0.4) is 0 Å². The maximum Gasteiger partial charge on any atom is 0.227 e. The number of carbonyl (C=O) groups is 1. The number of hydrogen-bond acceptors (Lipinski definition) is 2. The maximum absolute atomic E-state index is 12.5. The lowest BCUT2D eigenvalue weighted by Gasteiger charge is -2.20. The molecule has 0 aromatic heterocycles. The fourth-order valence-electron chi connectivity index (χ4n) is 2.86. The zero-order valence-corrected chi connectivity index (χ0v) is 18.7. The summed E-state index contributed by atoms with van der Waals surface area (Å²) in [5.74, 6) is 1.58. The molecule has 1 aliphatic heterocycles. The van der Waals surface area contributed by atoms with Crippen molar-refractivity contribution >= 4 is 41.5 Å². The monoisotopic (exact) mass is 472 g/mol. The first kappa shape index (κ1) is 22.7. The van der Waals surface area contributed by atoms with Crippen molar-refractivity contribution in [2.24, 2.45) is 10.9 Å². The van der Waals surface area contributed by atoms with Crippen molar-refractivity contribution in [3.05, 3.63) is 29.8 Å². The third-order valence-corrected chi connectivity index (χ3v) is 4.72. The van der Waals surface area contributed by atoms with Gasteiger partial charge in [-0.2, -0.15) is 0 Å². The van der Waals surface area contributed by atoms with Crippen LogP contribution in [0.2, 0.25) is 0 Å². The first-order valence-corrected chi connectivity index (χ1v) is 9.46. The molecule has 6 heteroatoms. The number of guanidine groups is 1. The highest BCUT2D eigenvalue weighted by atomic mass is 127. The quantitative estimate of drug-likeness (QED) is 0.276. The van der Waals surface area contributed by atoms with E-state index in [0.717, 1.165) is 37.6 Å². The Bertz CT molecular complexity index is 603. The lowest BCUT2D eigenvalue weighted by Crippen LogP contribution is -2.44. The summed E-state index contributed by atoms with van der Waals surface area (Å²) < 4.78 is 0. The first-order chi connectivity index (χ1) is 12.0. The van der Waals surface area contributed by atoms with E-state index in [2.05, 4.69) is 49.4 Å². The number of rotatable bonds is 7. The molecule has 5 nitrogen and oxygen atoms in total. The zero-order valence-electron chi connectivity index (χ0n) is 16.4. The molecule has 1 atom stereocenters. The van der Waals surface area contributed by atoms with Crippen LogP contribution in [0, 0.1) is 5.92 Å². The predicted octanol–water partition coefficient (Wildman–Crippen LogP) is 3.57. The summed E-state index contributed by atoms with van der Waals surface area (Å²) in [5, 5.41) is 6.69. The van der Waals surface area contributed by atoms with Gasteiger partial charge in [-0.05, 0) is 44.2 Å². The summed E-state index contributed by atoms with van der Waals surface area (Å²) in [4.78, 5) is 19.0. The van der Waals surface area contributed by atoms with Crippen molar-refractivity contribution in [1.82, 2.24) is 10.6 Å². The number of nitrogens with one attached hydrogen (secondary N) is 2. The van der Waals surface area contributed by atoms with E-state index in [0.29, 0.717) is 24.9 Å². The molecular formula is C20H33IN4O. The number of para-hydroxylation sites is 1. The number of nitrogens with zero attached hydrogens (tertiary/aromatic N) is 2. The molecule has 2 N–H and O–H groups in total. The van der Waals surface area contributed by atoms with Crippen LogP contribution in [0.4, 0.5) is 5.69 Å². The van der Waals surface area contributed by atoms with Gasteiger partial charge in [0.1, 0.15) is 0 Å². The number of fused-ring (bicyclic) bond motifs is 1. The van der Waals surface area contributed by atoms with Crippen molar-refractivity contribution in [3.8, 4) is 0 Å². The van der Waals surface area contributed by atoms with Crippen LogP contribution in [-0.4, -0.2) is 37.5 Å². The third-order valence-electron chi connectivity index (χ3n) is 4.72. The smallest absolute Gasteiger partial charge is 0.227 e. The molecule has 0 radical (unpaired) electrons. The van der Waals surface area contributed by atoms with Gasteiger partial charge in [0.05, 0.1) is 0 Å². The summed E-state index contributed by atoms with van der Waals surface area (Å²) in [6, 6.07) is 8.55. The molecule has 0 fully saturated rings. The lowest BCUT2D eigenvalue weighted by molar-refractivity contribution is -0.118. The molecule has 1 aromatic carbocycles. The van der Waals surface area contributed by atoms with Crippen LogP contribution in [0.25, 0.3) is 0 Å². The number of carbonyl (C=O) groups excluding carboxylic acids is 1. The molecule has 0 saturated carbocycles. The van der Waals surface area contributed by atoms with Gasteiger partial charge in [-0.3, -0.25) is 9.79 Å². The molecule has 0 aliphatic carbocycles. The second-order valence-electron chi connectivity index (χ2n) is 6.97. The number of halogens is 1. The summed E-state index contributed by atoms with van der Waals surface area (Å²) in [6.45, 7) is 10.9. The van der Waals surface area contributed by atoms with E-state index in [9.17, 15) is 4.79 Å². The summed E-state index contributed by atoms with van der Waals surface area (Å²) in [7, 11) is 0. The van der Waals surface area contributed by atoms with E-state index in [4.69, 9.17) is 0 Å². The van der Waals surface area contributed by atoms with Crippen LogP contribution in [0.1, 0.15) is 46.1 Å². The molecule has 0 bridgehead atoms. The van der Waals surface area contributed by atoms with Gasteiger partial charge in [0.25, 0.3) is 0 Å². The SMILES string of the molecule is CCNC(=NCCCC(=O)N1CCc2ccccc21)NC(C)C(C)C.I. The molecule has 146 valence electrons. The highest BCUT2D eigenvalue weighted by molar-refractivity contribution is 14.0. The summed E-state index contributed by atoms with van der Waals surface area (Å²) in [6.07, 6.45) is 2.27. The van der Waals surface area contributed by atoms with Gasteiger partial charge < -0.3 is 15.5 Å². The van der Waals surface area contributed by atoms with Crippen LogP contribution in [0.5, 0.6) is 0 Å². The number of amides is 1. The van der Waals surface area contributed by atoms with Crippen molar-refractivity contribution in [2.45, 2.75) is 53.0 Å². The van der Waals surface area contributed by atoms with Crippen LogP contribution < -0.4 is 15.5 Å². The number of benzene rings is 1. The van der Waals surface area contributed by atoms with E-state index in [1.54, 1.807) is 0 Å². The van der Waals surface area contributed by atoms with Gasteiger partial charge in [0.15, 0.2) is 5.96 Å². The van der Waals surface area contributed by atoms with Gasteiger partial charge in [0.2, 0.25) is 5.91 Å². The van der Waals surface area contributed by atoms with Gasteiger partial charge in [-0.15, -0.1) is 24.0 Å². The summed E-state index contributed by atoms with van der Waals surface area (Å²) >= 11 is 0. The van der Waals surface area contributed by atoms with Crippen LogP contribution >= 0.6 is 24.0 Å². The molecule has 1 heterocycles. The molecular weight excluding hydrogens is 439 g/mol. The number of aliphatic imine (C=N–C) groups is 1. The minimum Gasteiger partial charge on any atom is -0.357 e. The zero-order chi connectivity index (χ0) is 18.2. The van der Waals surface area contributed by atoms with Crippen molar-refractivity contribution in [3.63, 3.8) is 0 Å². The second kappa shape index (κ2) is 11.4. The Morgan fingerprint density at radius 1 is 1.27 bits per heavy atom. The fourth-order valence-corrected chi connectivity index (χ4v) is 2.86. The molecule has 0 spiro atoms. The molecule has 0 saturated heterocycles.